The van der Waals surface area contributed by atoms with E-state index in [0.717, 1.165) is 28.8 Å². The lowest BCUT2D eigenvalue weighted by Gasteiger charge is -2.27. The lowest BCUT2D eigenvalue weighted by Crippen LogP contribution is -2.45. The maximum atomic E-state index is 13.2. The van der Waals surface area contributed by atoms with Gasteiger partial charge in [0.05, 0.1) is 23.1 Å². The van der Waals surface area contributed by atoms with Crippen LogP contribution in [0.2, 0.25) is 0 Å². The minimum atomic E-state index is -0.451. The molecule has 184 valence electrons. The van der Waals surface area contributed by atoms with Gasteiger partial charge in [-0.25, -0.2) is 9.78 Å². The number of nitrogens with zero attached hydrogens (tertiary/aromatic N) is 4. The maximum Gasteiger partial charge on any atom is 0.326 e. The minimum absolute atomic E-state index is 0.0149. The van der Waals surface area contributed by atoms with Gasteiger partial charge in [0.1, 0.15) is 6.04 Å². The van der Waals surface area contributed by atoms with E-state index >= 15 is 0 Å². The predicted octanol–water partition coefficient (Wildman–Crippen LogP) is 3.23. The second kappa shape index (κ2) is 8.82. The third-order valence-corrected chi connectivity index (χ3v) is 7.29. The number of piperidine rings is 1. The molecule has 2 aromatic heterocycles. The number of rotatable bonds is 7. The first-order valence-electron chi connectivity index (χ1n) is 12.4. The number of benzene rings is 2. The summed E-state index contributed by atoms with van der Waals surface area (Å²) in [7, 11) is 0. The number of nitrogens with one attached hydrogen (secondary N) is 2. The summed E-state index contributed by atoms with van der Waals surface area (Å²) in [6.45, 7) is 2.39. The summed E-state index contributed by atoms with van der Waals surface area (Å²) >= 11 is 0. The second-order valence-corrected chi connectivity index (χ2v) is 9.78. The molecule has 2 fully saturated rings. The second-order valence-electron chi connectivity index (χ2n) is 9.78. The molecule has 36 heavy (non-hydrogen) atoms. The number of aryl methyl sites for hydroxylation is 2. The van der Waals surface area contributed by atoms with E-state index in [-0.39, 0.29) is 23.5 Å². The average molecular weight is 485 g/mol. The van der Waals surface area contributed by atoms with Crippen molar-refractivity contribution in [3.8, 4) is 5.69 Å². The third-order valence-electron chi connectivity index (χ3n) is 7.29. The van der Waals surface area contributed by atoms with Crippen molar-refractivity contribution in [2.75, 3.05) is 5.32 Å². The molecule has 1 saturated heterocycles. The summed E-state index contributed by atoms with van der Waals surface area (Å²) in [5, 5.41) is 2.99. The Morgan fingerprint density at radius 1 is 1.11 bits per heavy atom. The molecule has 0 bridgehead atoms. The molecule has 2 aromatic carbocycles. The van der Waals surface area contributed by atoms with Crippen LogP contribution < -0.4 is 11.0 Å². The van der Waals surface area contributed by atoms with Crippen LogP contribution >= 0.6 is 0 Å². The Balaban J connectivity index is 1.08. The number of amides is 2. The van der Waals surface area contributed by atoms with Gasteiger partial charge in [-0.15, -0.1) is 0 Å². The van der Waals surface area contributed by atoms with Crippen LogP contribution in [0.3, 0.4) is 0 Å². The van der Waals surface area contributed by atoms with Crippen molar-refractivity contribution in [2.24, 2.45) is 5.92 Å². The van der Waals surface area contributed by atoms with Crippen LogP contribution in [0, 0.1) is 12.8 Å². The molecule has 9 heteroatoms. The number of anilines is 1. The number of fused-ring (bicyclic) bond motifs is 2. The Labute approximate surface area is 207 Å². The van der Waals surface area contributed by atoms with Crippen molar-refractivity contribution in [2.45, 2.75) is 51.2 Å². The first-order chi connectivity index (χ1) is 17.5. The Morgan fingerprint density at radius 2 is 1.92 bits per heavy atom. The smallest absolute Gasteiger partial charge is 0.326 e. The summed E-state index contributed by atoms with van der Waals surface area (Å²) in [6.07, 6.45) is 6.21. The molecular formula is C27H28N6O3. The molecule has 3 atom stereocenters. The van der Waals surface area contributed by atoms with E-state index in [2.05, 4.69) is 15.3 Å². The maximum absolute atomic E-state index is 13.2. The highest BCUT2D eigenvalue weighted by Crippen LogP contribution is 2.48. The highest BCUT2D eigenvalue weighted by molar-refractivity contribution is 5.98. The molecule has 4 aromatic rings. The molecule has 2 N–H and O–H groups in total. The van der Waals surface area contributed by atoms with Gasteiger partial charge in [-0.3, -0.25) is 14.2 Å². The van der Waals surface area contributed by atoms with Gasteiger partial charge >= 0.3 is 5.69 Å². The summed E-state index contributed by atoms with van der Waals surface area (Å²) in [6, 6.07) is 14.8. The van der Waals surface area contributed by atoms with E-state index in [1.54, 1.807) is 15.8 Å². The number of aromatic nitrogens is 4. The molecule has 2 amide bonds. The zero-order valence-electron chi connectivity index (χ0n) is 20.1. The van der Waals surface area contributed by atoms with Gasteiger partial charge in [-0.1, -0.05) is 12.1 Å². The number of hydrogen-bond donors (Lipinski definition) is 2. The SMILES string of the molecule is Cc1cn(-c2ccc(NC(=O)[C@@H]3C[C@H]4C[C@@H]4N3C(=O)CCCn3c(=O)[nH]c4ccccc43)cc2)cn1. The first-order valence-corrected chi connectivity index (χ1v) is 12.4. The van der Waals surface area contributed by atoms with Crippen LogP contribution in [0.4, 0.5) is 5.69 Å². The monoisotopic (exact) mass is 484 g/mol. The third kappa shape index (κ3) is 4.10. The summed E-state index contributed by atoms with van der Waals surface area (Å²) in [4.78, 5) is 47.5. The summed E-state index contributed by atoms with van der Waals surface area (Å²) < 4.78 is 3.60. The van der Waals surface area contributed by atoms with Gasteiger partial charge in [0.2, 0.25) is 11.8 Å². The largest absolute Gasteiger partial charge is 0.327 e. The molecule has 6 rings (SSSR count). The van der Waals surface area contributed by atoms with E-state index in [9.17, 15) is 14.4 Å². The van der Waals surface area contributed by atoms with Crippen LogP contribution in [-0.4, -0.2) is 47.9 Å². The van der Waals surface area contributed by atoms with Gasteiger partial charge < -0.3 is 19.8 Å². The van der Waals surface area contributed by atoms with E-state index < -0.39 is 6.04 Å². The lowest BCUT2D eigenvalue weighted by molar-refractivity contribution is -0.138. The number of aromatic amines is 1. The fourth-order valence-corrected chi connectivity index (χ4v) is 5.40. The van der Waals surface area contributed by atoms with Gasteiger partial charge in [-0.05, 0) is 68.5 Å². The molecule has 1 aliphatic heterocycles. The number of likely N-dealkylation sites (tertiary alicyclic amines) is 1. The zero-order valence-corrected chi connectivity index (χ0v) is 20.1. The van der Waals surface area contributed by atoms with Gasteiger partial charge in [-0.2, -0.15) is 0 Å². The Bertz CT molecular complexity index is 1500. The van der Waals surface area contributed by atoms with Crippen LogP contribution in [-0.2, 0) is 16.1 Å². The average Bonchev–Trinajstić information content (AvgIpc) is 3.18. The number of carbonyl (C=O) groups is 2. The molecule has 1 saturated carbocycles. The van der Waals surface area contributed by atoms with Crippen LogP contribution in [0.25, 0.3) is 16.7 Å². The van der Waals surface area contributed by atoms with Gasteiger partial charge in [0.15, 0.2) is 0 Å². The normalized spacial score (nSPS) is 20.5. The minimum Gasteiger partial charge on any atom is -0.327 e. The highest BCUT2D eigenvalue weighted by Gasteiger charge is 2.55. The summed E-state index contributed by atoms with van der Waals surface area (Å²) in [5.41, 5.74) is 4.06. The fraction of sp³-hybridized carbons (Fsp3) is 0.333. The topological polar surface area (TPSA) is 105 Å². The Kier molecular flexibility index (Phi) is 5.47. The van der Waals surface area contributed by atoms with Gasteiger partial charge in [0, 0.05) is 36.6 Å². The van der Waals surface area contributed by atoms with Crippen LogP contribution in [0.1, 0.15) is 31.4 Å². The van der Waals surface area contributed by atoms with E-state index in [1.165, 1.54) is 0 Å². The van der Waals surface area contributed by atoms with Crippen molar-refractivity contribution >= 4 is 28.5 Å². The molecule has 2 aliphatic rings. The Hall–Kier alpha value is -4.14. The molecular weight excluding hydrogens is 456 g/mol. The number of hydrogen-bond acceptors (Lipinski definition) is 4. The lowest BCUT2D eigenvalue weighted by atomic mass is 10.1. The van der Waals surface area contributed by atoms with Crippen molar-refractivity contribution < 1.29 is 9.59 Å². The quantitative estimate of drug-likeness (QED) is 0.420. The zero-order chi connectivity index (χ0) is 24.8. The Morgan fingerprint density at radius 3 is 2.69 bits per heavy atom. The molecule has 3 heterocycles. The van der Waals surface area contributed by atoms with Crippen molar-refractivity contribution in [3.63, 3.8) is 0 Å². The van der Waals surface area contributed by atoms with E-state index in [4.69, 9.17) is 0 Å². The first kappa shape index (κ1) is 22.3. The van der Waals surface area contributed by atoms with Crippen LogP contribution in [0.15, 0.2) is 65.8 Å². The number of imidazole rings is 2. The number of para-hydroxylation sites is 2. The highest BCUT2D eigenvalue weighted by atomic mass is 16.2. The summed E-state index contributed by atoms with van der Waals surface area (Å²) in [5.74, 6) is 0.251. The predicted molar refractivity (Wildman–Crippen MR) is 136 cm³/mol. The van der Waals surface area contributed by atoms with E-state index in [0.29, 0.717) is 37.4 Å². The number of H-pyrrole nitrogens is 1. The van der Waals surface area contributed by atoms with Crippen LogP contribution in [0.5, 0.6) is 0 Å². The molecule has 9 nitrogen and oxygen atoms in total. The molecule has 0 radical (unpaired) electrons. The fourth-order valence-electron chi connectivity index (χ4n) is 5.40. The number of carbonyl (C=O) groups excluding carboxylic acids is 2. The van der Waals surface area contributed by atoms with E-state index in [1.807, 2.05) is 66.2 Å². The van der Waals surface area contributed by atoms with Crippen molar-refractivity contribution in [3.05, 3.63) is 77.2 Å². The molecule has 1 aliphatic carbocycles. The molecule has 0 spiro atoms. The van der Waals surface area contributed by atoms with Crippen molar-refractivity contribution in [1.29, 1.82) is 0 Å². The standard InChI is InChI=1S/C27H28N6O3/c1-17-15-31(16-28-17)20-10-8-19(9-11-20)29-26(35)24-14-18-13-23(18)33(24)25(34)7-4-12-32-22-6-3-2-5-21(22)30-27(32)36/h2-3,5-6,8-11,15-16,18,23-24H,4,7,12-14H2,1H3,(H,29,35)(H,30,36)/t18-,23+,24+/m1/s1. The van der Waals surface area contributed by atoms with Gasteiger partial charge in [0.25, 0.3) is 0 Å². The van der Waals surface area contributed by atoms with Crippen molar-refractivity contribution in [1.82, 2.24) is 24.0 Å². The molecule has 0 unspecified atom stereocenters.